The molecule has 0 radical (unpaired) electrons. The number of anilines is 3. The molecule has 0 bridgehead atoms. The molecule has 0 fully saturated rings. The van der Waals surface area contributed by atoms with Crippen LogP contribution in [0.3, 0.4) is 0 Å². The van der Waals surface area contributed by atoms with Gasteiger partial charge in [-0.25, -0.2) is 13.6 Å². The Bertz CT molecular complexity index is 1570. The molecule has 0 unspecified atom stereocenters. The Balaban J connectivity index is 1.64. The number of hydrogen-bond donors (Lipinski definition) is 5. The van der Waals surface area contributed by atoms with E-state index in [0.717, 1.165) is 5.56 Å². The number of nitrogens with one attached hydrogen (secondary N) is 2. The van der Waals surface area contributed by atoms with Crippen LogP contribution in [0.2, 0.25) is 0 Å². The first-order valence-corrected chi connectivity index (χ1v) is 12.4. The van der Waals surface area contributed by atoms with Gasteiger partial charge in [0, 0.05) is 23.0 Å². The van der Waals surface area contributed by atoms with E-state index in [1.807, 2.05) is 6.92 Å². The van der Waals surface area contributed by atoms with Crippen LogP contribution in [0.25, 0.3) is 22.4 Å². The van der Waals surface area contributed by atoms with Crippen LogP contribution in [0.5, 0.6) is 0 Å². The third kappa shape index (κ3) is 4.91. The van der Waals surface area contributed by atoms with Gasteiger partial charge in [0.25, 0.3) is 5.91 Å². The highest BCUT2D eigenvalue weighted by molar-refractivity contribution is 7.89. The summed E-state index contributed by atoms with van der Waals surface area (Å²) in [6.45, 7) is 3.64. The zero-order valence-electron chi connectivity index (χ0n) is 19.6. The molecule has 10 heteroatoms. The van der Waals surface area contributed by atoms with Gasteiger partial charge in [-0.3, -0.25) is 20.5 Å². The van der Waals surface area contributed by atoms with E-state index in [0.29, 0.717) is 50.6 Å². The van der Waals surface area contributed by atoms with Gasteiger partial charge in [0.05, 0.1) is 27.5 Å². The van der Waals surface area contributed by atoms with Crippen LogP contribution in [0.1, 0.15) is 21.5 Å². The van der Waals surface area contributed by atoms with Crippen LogP contribution in [0.15, 0.2) is 77.8 Å². The number of amides is 1. The van der Waals surface area contributed by atoms with Crippen molar-refractivity contribution in [1.82, 2.24) is 4.98 Å². The minimum absolute atomic E-state index is 0.0296. The summed E-state index contributed by atoms with van der Waals surface area (Å²) in [5.74, 6) is -0.381. The Hall–Kier alpha value is -4.25. The average Bonchev–Trinajstić information content (AvgIpc) is 2.85. The third-order valence-corrected chi connectivity index (χ3v) is 6.81. The lowest BCUT2D eigenvalue weighted by molar-refractivity contribution is 0.102. The maximum absolute atomic E-state index is 13.2. The SMILES string of the molecule is Cc1ccc(S(N)(=O)=O)c(-c2ccc(NC(=O)c3cccnc3-c3ccc(NO)c(N)c3C)cc2)c1. The fourth-order valence-electron chi connectivity index (χ4n) is 3.93. The van der Waals surface area contributed by atoms with Gasteiger partial charge in [0.15, 0.2) is 0 Å². The van der Waals surface area contributed by atoms with Gasteiger partial charge in [0.2, 0.25) is 10.0 Å². The molecule has 0 spiro atoms. The predicted octanol–water partition coefficient (Wildman–Crippen LogP) is 4.32. The molecule has 0 aliphatic heterocycles. The van der Waals surface area contributed by atoms with Gasteiger partial charge in [-0.05, 0) is 61.4 Å². The topological polar surface area (TPSA) is 160 Å². The molecule has 1 heterocycles. The molecule has 0 atom stereocenters. The molecule has 1 aromatic heterocycles. The normalized spacial score (nSPS) is 11.2. The lowest BCUT2D eigenvalue weighted by Gasteiger charge is -2.15. The van der Waals surface area contributed by atoms with Crippen molar-refractivity contribution in [3.63, 3.8) is 0 Å². The van der Waals surface area contributed by atoms with Crippen molar-refractivity contribution in [3.8, 4) is 22.4 Å². The van der Waals surface area contributed by atoms with Crippen molar-refractivity contribution >= 4 is 33.0 Å². The molecule has 7 N–H and O–H groups in total. The van der Waals surface area contributed by atoms with Gasteiger partial charge in [0.1, 0.15) is 0 Å². The van der Waals surface area contributed by atoms with Crippen molar-refractivity contribution in [3.05, 3.63) is 89.6 Å². The first-order chi connectivity index (χ1) is 17.1. The number of benzene rings is 3. The zero-order valence-corrected chi connectivity index (χ0v) is 20.4. The Morgan fingerprint density at radius 3 is 2.36 bits per heavy atom. The van der Waals surface area contributed by atoms with Gasteiger partial charge in [-0.2, -0.15) is 0 Å². The maximum atomic E-state index is 13.2. The molecule has 0 saturated carbocycles. The first-order valence-electron chi connectivity index (χ1n) is 10.9. The monoisotopic (exact) mass is 503 g/mol. The number of aryl methyl sites for hydroxylation is 1. The van der Waals surface area contributed by atoms with Crippen LogP contribution in [0, 0.1) is 13.8 Å². The molecule has 4 rings (SSSR count). The third-order valence-electron chi connectivity index (χ3n) is 5.84. The molecule has 1 amide bonds. The summed E-state index contributed by atoms with van der Waals surface area (Å²) in [5, 5.41) is 17.5. The lowest BCUT2D eigenvalue weighted by Crippen LogP contribution is -2.14. The Kier molecular flexibility index (Phi) is 6.75. The number of aromatic nitrogens is 1. The molecule has 0 aliphatic rings. The summed E-state index contributed by atoms with van der Waals surface area (Å²) in [5.41, 5.74) is 13.5. The van der Waals surface area contributed by atoms with E-state index in [9.17, 15) is 18.4 Å². The van der Waals surface area contributed by atoms with E-state index in [-0.39, 0.29) is 10.8 Å². The number of carbonyl (C=O) groups excluding carboxylic acids is 1. The number of sulfonamides is 1. The molecule has 9 nitrogen and oxygen atoms in total. The summed E-state index contributed by atoms with van der Waals surface area (Å²) in [4.78, 5) is 17.6. The molecule has 3 aromatic carbocycles. The summed E-state index contributed by atoms with van der Waals surface area (Å²) in [6, 6.07) is 18.4. The van der Waals surface area contributed by atoms with Crippen molar-refractivity contribution in [1.29, 1.82) is 0 Å². The van der Waals surface area contributed by atoms with Gasteiger partial charge >= 0.3 is 0 Å². The number of nitrogens with two attached hydrogens (primary N) is 2. The highest BCUT2D eigenvalue weighted by Crippen LogP contribution is 2.33. The van der Waals surface area contributed by atoms with E-state index in [4.69, 9.17) is 10.9 Å². The Morgan fingerprint density at radius 2 is 1.69 bits per heavy atom. The number of nitrogen functional groups attached to an aromatic ring is 1. The quantitative estimate of drug-likeness (QED) is 0.193. The first kappa shape index (κ1) is 24.9. The lowest BCUT2D eigenvalue weighted by atomic mass is 9.98. The van der Waals surface area contributed by atoms with Crippen molar-refractivity contribution in [2.45, 2.75) is 18.7 Å². The standard InChI is InChI=1S/C26H25N5O4S/c1-15-5-12-23(36(28,34)35)21(14-15)17-6-8-18(9-7-17)30-26(32)20-4-3-13-29-25(20)19-10-11-22(31-33)24(27)16(19)2/h3-14,31,33H,27H2,1-2H3,(H,30,32)(H2,28,34,35). The largest absolute Gasteiger partial charge is 0.397 e. The van der Waals surface area contributed by atoms with Gasteiger partial charge < -0.3 is 11.1 Å². The van der Waals surface area contributed by atoms with Gasteiger partial charge in [-0.15, -0.1) is 0 Å². The highest BCUT2D eigenvalue weighted by atomic mass is 32.2. The summed E-state index contributed by atoms with van der Waals surface area (Å²) in [6.07, 6.45) is 1.58. The molecule has 184 valence electrons. The zero-order chi connectivity index (χ0) is 26.0. The number of hydrogen-bond acceptors (Lipinski definition) is 7. The van der Waals surface area contributed by atoms with Crippen LogP contribution in [0.4, 0.5) is 17.1 Å². The molecule has 36 heavy (non-hydrogen) atoms. The second kappa shape index (κ2) is 9.78. The molecule has 0 saturated heterocycles. The minimum atomic E-state index is -3.91. The average molecular weight is 504 g/mol. The van der Waals surface area contributed by atoms with E-state index < -0.39 is 10.0 Å². The molecule has 0 aliphatic carbocycles. The second-order valence-corrected chi connectivity index (χ2v) is 9.82. The van der Waals surface area contributed by atoms with Crippen molar-refractivity contribution in [2.24, 2.45) is 5.14 Å². The number of primary sulfonamides is 1. The Morgan fingerprint density at radius 1 is 0.972 bits per heavy atom. The predicted molar refractivity (Wildman–Crippen MR) is 140 cm³/mol. The highest BCUT2D eigenvalue weighted by Gasteiger charge is 2.19. The van der Waals surface area contributed by atoms with Crippen LogP contribution in [-0.2, 0) is 10.0 Å². The van der Waals surface area contributed by atoms with Crippen LogP contribution in [-0.4, -0.2) is 24.5 Å². The minimum Gasteiger partial charge on any atom is -0.397 e. The Labute approximate surface area is 208 Å². The maximum Gasteiger partial charge on any atom is 0.257 e. The molecular formula is C26H25N5O4S. The second-order valence-electron chi connectivity index (χ2n) is 8.29. The summed E-state index contributed by atoms with van der Waals surface area (Å²) in [7, 11) is -3.91. The summed E-state index contributed by atoms with van der Waals surface area (Å²) < 4.78 is 24.1. The summed E-state index contributed by atoms with van der Waals surface area (Å²) >= 11 is 0. The van der Waals surface area contributed by atoms with Gasteiger partial charge in [-0.1, -0.05) is 35.9 Å². The number of pyridine rings is 1. The van der Waals surface area contributed by atoms with E-state index in [2.05, 4.69) is 15.8 Å². The number of nitrogens with zero attached hydrogens (tertiary/aromatic N) is 1. The van der Waals surface area contributed by atoms with Crippen molar-refractivity contribution in [2.75, 3.05) is 16.5 Å². The smallest absolute Gasteiger partial charge is 0.257 e. The van der Waals surface area contributed by atoms with E-state index in [1.54, 1.807) is 73.8 Å². The van der Waals surface area contributed by atoms with Crippen molar-refractivity contribution < 1.29 is 18.4 Å². The number of rotatable bonds is 6. The van der Waals surface area contributed by atoms with E-state index in [1.165, 1.54) is 6.07 Å². The molecular weight excluding hydrogens is 478 g/mol. The van der Waals surface area contributed by atoms with Crippen LogP contribution >= 0.6 is 0 Å². The molecule has 4 aromatic rings. The fourth-order valence-corrected chi connectivity index (χ4v) is 4.68. The van der Waals surface area contributed by atoms with Crippen LogP contribution < -0.4 is 21.7 Å². The number of carbonyl (C=O) groups is 1. The van der Waals surface area contributed by atoms with E-state index >= 15 is 0 Å². The fraction of sp³-hybridized carbons (Fsp3) is 0.0769.